The van der Waals surface area contributed by atoms with Crippen LogP contribution in [0, 0.1) is 0 Å². The third-order valence-electron chi connectivity index (χ3n) is 4.26. The fraction of sp³-hybridized carbons (Fsp3) is 0.647. The SMILES string of the molecule is CCCNC(c1ccc(OCC)cc1)C1(OC)CCC1. The maximum atomic E-state index is 5.87. The van der Waals surface area contributed by atoms with E-state index in [9.17, 15) is 0 Å². The molecule has 1 saturated carbocycles. The molecule has 0 aromatic heterocycles. The molecule has 3 nitrogen and oxygen atoms in total. The molecule has 0 heterocycles. The minimum Gasteiger partial charge on any atom is -0.494 e. The summed E-state index contributed by atoms with van der Waals surface area (Å²) in [5, 5.41) is 3.67. The molecule has 0 aliphatic heterocycles. The van der Waals surface area contributed by atoms with Crippen LogP contribution in [-0.2, 0) is 4.74 Å². The van der Waals surface area contributed by atoms with Crippen molar-refractivity contribution >= 4 is 0 Å². The summed E-state index contributed by atoms with van der Waals surface area (Å²) in [6.45, 7) is 5.93. The molecule has 1 atom stereocenters. The summed E-state index contributed by atoms with van der Waals surface area (Å²) in [5.41, 5.74) is 1.27. The highest BCUT2D eigenvalue weighted by molar-refractivity contribution is 5.31. The van der Waals surface area contributed by atoms with Gasteiger partial charge in [0.25, 0.3) is 0 Å². The first-order valence-corrected chi connectivity index (χ1v) is 7.77. The molecule has 1 aromatic rings. The monoisotopic (exact) mass is 277 g/mol. The van der Waals surface area contributed by atoms with Crippen LogP contribution in [0.2, 0.25) is 0 Å². The smallest absolute Gasteiger partial charge is 0.119 e. The number of nitrogens with one attached hydrogen (secondary N) is 1. The van der Waals surface area contributed by atoms with E-state index < -0.39 is 0 Å². The molecule has 20 heavy (non-hydrogen) atoms. The molecule has 1 N–H and O–H groups in total. The Balaban J connectivity index is 2.17. The maximum Gasteiger partial charge on any atom is 0.119 e. The van der Waals surface area contributed by atoms with E-state index in [0.717, 1.165) is 31.6 Å². The van der Waals surface area contributed by atoms with Crippen molar-refractivity contribution in [3.63, 3.8) is 0 Å². The average molecular weight is 277 g/mol. The highest BCUT2D eigenvalue weighted by atomic mass is 16.5. The molecule has 0 bridgehead atoms. The quantitative estimate of drug-likeness (QED) is 0.786. The van der Waals surface area contributed by atoms with Gasteiger partial charge in [0.2, 0.25) is 0 Å². The molecular weight excluding hydrogens is 250 g/mol. The largest absolute Gasteiger partial charge is 0.494 e. The molecule has 2 rings (SSSR count). The van der Waals surface area contributed by atoms with Gasteiger partial charge < -0.3 is 14.8 Å². The Labute approximate surface area is 122 Å². The molecule has 1 aliphatic rings. The Hall–Kier alpha value is -1.06. The number of rotatable bonds is 8. The van der Waals surface area contributed by atoms with Gasteiger partial charge in [-0.25, -0.2) is 0 Å². The Bertz CT molecular complexity index is 392. The molecule has 0 radical (unpaired) electrons. The van der Waals surface area contributed by atoms with Crippen molar-refractivity contribution in [1.82, 2.24) is 5.32 Å². The van der Waals surface area contributed by atoms with Crippen molar-refractivity contribution < 1.29 is 9.47 Å². The van der Waals surface area contributed by atoms with Gasteiger partial charge in [-0.05, 0) is 56.8 Å². The van der Waals surface area contributed by atoms with Crippen molar-refractivity contribution in [2.45, 2.75) is 51.2 Å². The van der Waals surface area contributed by atoms with E-state index in [1.807, 2.05) is 14.0 Å². The van der Waals surface area contributed by atoms with Gasteiger partial charge in [0.05, 0.1) is 18.2 Å². The molecule has 0 saturated heterocycles. The Morgan fingerprint density at radius 1 is 1.20 bits per heavy atom. The fourth-order valence-electron chi connectivity index (χ4n) is 2.96. The first kappa shape index (κ1) is 15.3. The zero-order chi connectivity index (χ0) is 14.4. The number of benzene rings is 1. The predicted octanol–water partition coefficient (Wildman–Crippen LogP) is 3.70. The molecule has 1 unspecified atom stereocenters. The van der Waals surface area contributed by atoms with E-state index >= 15 is 0 Å². The summed E-state index contributed by atoms with van der Waals surface area (Å²) in [7, 11) is 1.84. The molecule has 3 heteroatoms. The standard InChI is InChI=1S/C17H27NO2/c1-4-13-18-16(17(19-3)11-6-12-17)14-7-9-15(10-8-14)20-5-2/h7-10,16,18H,4-6,11-13H2,1-3H3. The van der Waals surface area contributed by atoms with Gasteiger partial charge in [-0.2, -0.15) is 0 Å². The van der Waals surface area contributed by atoms with Gasteiger partial charge in [0.1, 0.15) is 5.75 Å². The van der Waals surface area contributed by atoms with E-state index in [1.54, 1.807) is 0 Å². The van der Waals surface area contributed by atoms with E-state index in [0.29, 0.717) is 6.61 Å². The summed E-state index contributed by atoms with van der Waals surface area (Å²) in [6.07, 6.45) is 4.67. The Kier molecular flexibility index (Phi) is 5.44. The Morgan fingerprint density at radius 3 is 2.35 bits per heavy atom. The van der Waals surface area contributed by atoms with Gasteiger partial charge in [-0.15, -0.1) is 0 Å². The van der Waals surface area contributed by atoms with Crippen molar-refractivity contribution in [3.05, 3.63) is 29.8 Å². The lowest BCUT2D eigenvalue weighted by atomic mass is 9.72. The van der Waals surface area contributed by atoms with Crippen LogP contribution in [-0.4, -0.2) is 25.9 Å². The third-order valence-corrected chi connectivity index (χ3v) is 4.26. The number of ether oxygens (including phenoxy) is 2. The molecule has 1 aliphatic carbocycles. The van der Waals surface area contributed by atoms with Gasteiger partial charge >= 0.3 is 0 Å². The zero-order valence-electron chi connectivity index (χ0n) is 12.9. The van der Waals surface area contributed by atoms with Crippen LogP contribution < -0.4 is 10.1 Å². The average Bonchev–Trinajstić information content (AvgIpc) is 2.43. The lowest BCUT2D eigenvalue weighted by molar-refractivity contribution is -0.0997. The summed E-state index contributed by atoms with van der Waals surface area (Å²) >= 11 is 0. The first-order chi connectivity index (χ1) is 9.75. The van der Waals surface area contributed by atoms with E-state index in [2.05, 4.69) is 36.5 Å². The highest BCUT2D eigenvalue weighted by Crippen LogP contribution is 2.45. The normalized spacial score (nSPS) is 18.4. The van der Waals surface area contributed by atoms with Crippen LogP contribution in [0.25, 0.3) is 0 Å². The van der Waals surface area contributed by atoms with E-state index in [-0.39, 0.29) is 11.6 Å². The molecule has 0 spiro atoms. The van der Waals surface area contributed by atoms with Gasteiger partial charge in [-0.3, -0.25) is 0 Å². The summed E-state index contributed by atoms with van der Waals surface area (Å²) in [5.74, 6) is 0.936. The molecule has 112 valence electrons. The van der Waals surface area contributed by atoms with Crippen LogP contribution in [0.1, 0.15) is 51.1 Å². The van der Waals surface area contributed by atoms with Gasteiger partial charge in [0.15, 0.2) is 0 Å². The minimum atomic E-state index is -0.0255. The zero-order valence-corrected chi connectivity index (χ0v) is 12.9. The molecule has 0 amide bonds. The van der Waals surface area contributed by atoms with Crippen molar-refractivity contribution in [2.24, 2.45) is 0 Å². The lowest BCUT2D eigenvalue weighted by Gasteiger charge is -2.47. The number of hydrogen-bond donors (Lipinski definition) is 1. The fourth-order valence-corrected chi connectivity index (χ4v) is 2.96. The highest BCUT2D eigenvalue weighted by Gasteiger charge is 2.44. The van der Waals surface area contributed by atoms with Crippen LogP contribution in [0.4, 0.5) is 0 Å². The number of methoxy groups -OCH3 is 1. The van der Waals surface area contributed by atoms with Crippen LogP contribution in [0.5, 0.6) is 5.75 Å². The van der Waals surface area contributed by atoms with Crippen LogP contribution in [0.3, 0.4) is 0 Å². The van der Waals surface area contributed by atoms with Crippen molar-refractivity contribution in [1.29, 1.82) is 0 Å². The lowest BCUT2D eigenvalue weighted by Crippen LogP contribution is -2.50. The second-order valence-corrected chi connectivity index (χ2v) is 5.51. The van der Waals surface area contributed by atoms with Crippen molar-refractivity contribution in [2.75, 3.05) is 20.3 Å². The molecule has 1 fully saturated rings. The minimum absolute atomic E-state index is 0.0255. The third kappa shape index (κ3) is 3.15. The second-order valence-electron chi connectivity index (χ2n) is 5.51. The Morgan fingerprint density at radius 2 is 1.90 bits per heavy atom. The summed E-state index contributed by atoms with van der Waals surface area (Å²) < 4.78 is 11.4. The maximum absolute atomic E-state index is 5.87. The first-order valence-electron chi connectivity index (χ1n) is 7.77. The molecule has 1 aromatic carbocycles. The van der Waals surface area contributed by atoms with Gasteiger partial charge in [0, 0.05) is 7.11 Å². The summed E-state index contributed by atoms with van der Waals surface area (Å²) in [4.78, 5) is 0. The van der Waals surface area contributed by atoms with E-state index in [1.165, 1.54) is 12.0 Å². The summed E-state index contributed by atoms with van der Waals surface area (Å²) in [6, 6.07) is 8.72. The van der Waals surface area contributed by atoms with E-state index in [4.69, 9.17) is 9.47 Å². The van der Waals surface area contributed by atoms with Crippen LogP contribution >= 0.6 is 0 Å². The molecular formula is C17H27NO2. The van der Waals surface area contributed by atoms with Crippen LogP contribution in [0.15, 0.2) is 24.3 Å². The predicted molar refractivity (Wildman–Crippen MR) is 82.2 cm³/mol. The topological polar surface area (TPSA) is 30.5 Å². The number of hydrogen-bond acceptors (Lipinski definition) is 3. The second kappa shape index (κ2) is 7.09. The van der Waals surface area contributed by atoms with Gasteiger partial charge in [-0.1, -0.05) is 19.1 Å². The van der Waals surface area contributed by atoms with Crippen molar-refractivity contribution in [3.8, 4) is 5.75 Å².